The van der Waals surface area contributed by atoms with Crippen molar-refractivity contribution in [2.24, 2.45) is 0 Å². The molecule has 0 N–H and O–H groups in total. The minimum Gasteiger partial charge on any atom is -0.492 e. The summed E-state index contributed by atoms with van der Waals surface area (Å²) < 4.78 is 55.2. The molecular formula is C23H30O11. The number of hydrogen-bond donors (Lipinski definition) is 0. The van der Waals surface area contributed by atoms with Crippen LogP contribution in [0.5, 0.6) is 57.5 Å². The molecule has 11 nitrogen and oxygen atoms in total. The van der Waals surface area contributed by atoms with E-state index in [9.17, 15) is 4.79 Å². The smallest absolute Gasteiger partial charge is 0.211 e. The highest BCUT2D eigenvalue weighted by Gasteiger charge is 2.38. The number of hydrogen-bond acceptors (Lipinski definition) is 11. The first-order valence-electron chi connectivity index (χ1n) is 9.83. The van der Waals surface area contributed by atoms with Crippen LogP contribution < -0.4 is 47.4 Å². The molecule has 0 fully saturated rings. The Kier molecular flexibility index (Phi) is 8.76. The Morgan fingerprint density at radius 1 is 0.324 bits per heavy atom. The molecule has 0 aliphatic heterocycles. The number of carbonyl (C=O) groups is 1. The van der Waals surface area contributed by atoms with Crippen molar-refractivity contribution in [1.29, 1.82) is 0 Å². The second-order valence-electron chi connectivity index (χ2n) is 6.41. The van der Waals surface area contributed by atoms with Crippen molar-refractivity contribution in [1.82, 2.24) is 0 Å². The number of benzene rings is 2. The molecule has 0 saturated heterocycles. The van der Waals surface area contributed by atoms with Crippen molar-refractivity contribution in [3.8, 4) is 57.5 Å². The Hall–Kier alpha value is -3.89. The number of carbonyl (C=O) groups excluding carboxylic acids is 1. The van der Waals surface area contributed by atoms with Crippen LogP contribution in [0.3, 0.4) is 0 Å². The monoisotopic (exact) mass is 482 g/mol. The maximum Gasteiger partial charge on any atom is 0.211 e. The summed E-state index contributed by atoms with van der Waals surface area (Å²) in [6, 6.07) is 0. The van der Waals surface area contributed by atoms with Crippen LogP contribution in [0.1, 0.15) is 15.9 Å². The van der Waals surface area contributed by atoms with Gasteiger partial charge in [0.05, 0.1) is 71.1 Å². The van der Waals surface area contributed by atoms with Crippen molar-refractivity contribution >= 4 is 5.78 Å². The highest BCUT2D eigenvalue weighted by atomic mass is 16.6. The van der Waals surface area contributed by atoms with E-state index in [4.69, 9.17) is 47.4 Å². The fraction of sp³-hybridized carbons (Fsp3) is 0.435. The molecule has 0 heterocycles. The van der Waals surface area contributed by atoms with Gasteiger partial charge in [-0.15, -0.1) is 0 Å². The van der Waals surface area contributed by atoms with E-state index in [0.29, 0.717) is 0 Å². The molecule has 2 aromatic carbocycles. The van der Waals surface area contributed by atoms with E-state index in [0.717, 1.165) is 0 Å². The first kappa shape index (κ1) is 26.4. The maximum absolute atomic E-state index is 14.2. The lowest BCUT2D eigenvalue weighted by Gasteiger charge is -2.24. The molecule has 2 aromatic rings. The van der Waals surface area contributed by atoms with Crippen LogP contribution in [0.25, 0.3) is 0 Å². The molecule has 11 heteroatoms. The lowest BCUT2D eigenvalue weighted by Crippen LogP contribution is -2.14. The van der Waals surface area contributed by atoms with Crippen LogP contribution in [0, 0.1) is 0 Å². The lowest BCUT2D eigenvalue weighted by molar-refractivity contribution is 0.102. The van der Waals surface area contributed by atoms with E-state index in [-0.39, 0.29) is 68.6 Å². The summed E-state index contributed by atoms with van der Waals surface area (Å²) in [6.07, 6.45) is 0. The molecule has 0 unspecified atom stereocenters. The molecule has 34 heavy (non-hydrogen) atoms. The molecule has 0 bridgehead atoms. The number of methoxy groups -OCH3 is 10. The summed E-state index contributed by atoms with van der Waals surface area (Å²) >= 11 is 0. The van der Waals surface area contributed by atoms with E-state index < -0.39 is 5.78 Å². The third kappa shape index (κ3) is 3.97. The second kappa shape index (κ2) is 11.3. The molecule has 0 radical (unpaired) electrons. The molecule has 188 valence electrons. The van der Waals surface area contributed by atoms with Crippen molar-refractivity contribution < 1.29 is 52.2 Å². The Bertz CT molecular complexity index is 899. The third-order valence-electron chi connectivity index (χ3n) is 5.05. The van der Waals surface area contributed by atoms with Gasteiger partial charge in [0.1, 0.15) is 11.1 Å². The van der Waals surface area contributed by atoms with Gasteiger partial charge in [-0.3, -0.25) is 4.79 Å². The van der Waals surface area contributed by atoms with Gasteiger partial charge in [-0.25, -0.2) is 0 Å². The highest BCUT2D eigenvalue weighted by Crippen LogP contribution is 2.57. The van der Waals surface area contributed by atoms with Crippen molar-refractivity contribution in [3.63, 3.8) is 0 Å². The third-order valence-corrected chi connectivity index (χ3v) is 5.05. The van der Waals surface area contributed by atoms with Crippen LogP contribution in [0.2, 0.25) is 0 Å². The summed E-state index contributed by atoms with van der Waals surface area (Å²) in [5.74, 6) is 0.388. The van der Waals surface area contributed by atoms with E-state index in [1.807, 2.05) is 0 Å². The number of rotatable bonds is 12. The predicted octanol–water partition coefficient (Wildman–Crippen LogP) is 3.00. The van der Waals surface area contributed by atoms with Crippen molar-refractivity contribution in [2.75, 3.05) is 71.1 Å². The molecule has 0 aliphatic carbocycles. The summed E-state index contributed by atoms with van der Waals surface area (Å²) in [5.41, 5.74) is -0.0734. The van der Waals surface area contributed by atoms with Gasteiger partial charge in [0.2, 0.25) is 40.3 Å². The van der Waals surface area contributed by atoms with Crippen LogP contribution in [-0.4, -0.2) is 76.9 Å². The van der Waals surface area contributed by atoms with E-state index >= 15 is 0 Å². The predicted molar refractivity (Wildman–Crippen MR) is 122 cm³/mol. The van der Waals surface area contributed by atoms with Gasteiger partial charge >= 0.3 is 0 Å². The zero-order valence-corrected chi connectivity index (χ0v) is 21.0. The van der Waals surface area contributed by atoms with Crippen LogP contribution in [0.4, 0.5) is 0 Å². The number of ketones is 1. The minimum absolute atomic E-state index is 0.0367. The standard InChI is InChI=1S/C23H30O11/c1-25-14-11(15(26-2)19(30-6)22(33-9)18(14)29-5)13(24)12-16(27-3)20(31-7)23(34-10)21(32-8)17(12)28-4/h1-10H3. The summed E-state index contributed by atoms with van der Waals surface area (Å²) in [7, 11) is 14.0. The van der Waals surface area contributed by atoms with E-state index in [2.05, 4.69) is 0 Å². The fourth-order valence-corrected chi connectivity index (χ4v) is 3.71. The molecule has 0 spiro atoms. The Balaban J connectivity index is 3.14. The lowest BCUT2D eigenvalue weighted by atomic mass is 9.96. The normalized spacial score (nSPS) is 10.2. The maximum atomic E-state index is 14.2. The second-order valence-corrected chi connectivity index (χ2v) is 6.41. The first-order chi connectivity index (χ1) is 16.4. The van der Waals surface area contributed by atoms with Gasteiger partial charge < -0.3 is 47.4 Å². The van der Waals surface area contributed by atoms with Gasteiger partial charge in [0, 0.05) is 0 Å². The van der Waals surface area contributed by atoms with Gasteiger partial charge in [-0.1, -0.05) is 0 Å². The number of ether oxygens (including phenoxy) is 10. The van der Waals surface area contributed by atoms with Gasteiger partial charge in [0.25, 0.3) is 0 Å². The van der Waals surface area contributed by atoms with E-state index in [1.54, 1.807) is 0 Å². The van der Waals surface area contributed by atoms with Crippen LogP contribution in [-0.2, 0) is 0 Å². The molecule has 0 saturated carbocycles. The average molecular weight is 482 g/mol. The largest absolute Gasteiger partial charge is 0.492 e. The van der Waals surface area contributed by atoms with Gasteiger partial charge in [-0.05, 0) is 0 Å². The zero-order chi connectivity index (χ0) is 25.6. The summed E-state index contributed by atoms with van der Waals surface area (Å²) in [4.78, 5) is 14.2. The van der Waals surface area contributed by atoms with Crippen molar-refractivity contribution in [3.05, 3.63) is 11.1 Å². The van der Waals surface area contributed by atoms with Gasteiger partial charge in [0.15, 0.2) is 23.0 Å². The molecular weight excluding hydrogens is 452 g/mol. The van der Waals surface area contributed by atoms with Gasteiger partial charge in [-0.2, -0.15) is 0 Å². The van der Waals surface area contributed by atoms with E-state index in [1.165, 1.54) is 71.1 Å². The summed E-state index contributed by atoms with van der Waals surface area (Å²) in [6.45, 7) is 0. The summed E-state index contributed by atoms with van der Waals surface area (Å²) in [5, 5.41) is 0. The highest BCUT2D eigenvalue weighted by molar-refractivity contribution is 6.18. The first-order valence-corrected chi connectivity index (χ1v) is 9.83. The molecule has 0 aromatic heterocycles. The fourth-order valence-electron chi connectivity index (χ4n) is 3.71. The molecule has 0 aliphatic rings. The zero-order valence-electron chi connectivity index (χ0n) is 21.0. The Morgan fingerprint density at radius 3 is 0.618 bits per heavy atom. The topological polar surface area (TPSA) is 109 Å². The molecule has 0 amide bonds. The SMILES string of the molecule is COc1c(OC)c(OC)c(C(=O)c2c(OC)c(OC)c(OC)c(OC)c2OC)c(OC)c1OC. The molecule has 0 atom stereocenters. The quantitative estimate of drug-likeness (QED) is 0.416. The van der Waals surface area contributed by atoms with Crippen molar-refractivity contribution in [2.45, 2.75) is 0 Å². The van der Waals surface area contributed by atoms with Crippen LogP contribution >= 0.6 is 0 Å². The average Bonchev–Trinajstić information content (AvgIpc) is 2.88. The molecule has 2 rings (SSSR count). The Morgan fingerprint density at radius 2 is 0.471 bits per heavy atom. The van der Waals surface area contributed by atoms with Crippen LogP contribution in [0.15, 0.2) is 0 Å². The Labute approximate surface area is 198 Å². The minimum atomic E-state index is -0.624.